The minimum atomic E-state index is -1.11. The molecular weight excluding hydrogens is 314 g/mol. The quantitative estimate of drug-likeness (QED) is 0.918. The van der Waals surface area contributed by atoms with Crippen LogP contribution in [0.5, 0.6) is 0 Å². The highest BCUT2D eigenvalue weighted by Crippen LogP contribution is 2.32. The van der Waals surface area contributed by atoms with Gasteiger partial charge in [-0.15, -0.1) is 0 Å². The largest absolute Gasteiger partial charge is 0.479 e. The highest BCUT2D eigenvalue weighted by molar-refractivity contribution is 8.14. The van der Waals surface area contributed by atoms with Crippen molar-refractivity contribution in [2.24, 2.45) is 0 Å². The van der Waals surface area contributed by atoms with Gasteiger partial charge in [0.1, 0.15) is 0 Å². The van der Waals surface area contributed by atoms with E-state index in [9.17, 15) is 19.5 Å². The van der Waals surface area contributed by atoms with E-state index in [4.69, 9.17) is 11.6 Å². The van der Waals surface area contributed by atoms with Crippen LogP contribution in [0.3, 0.4) is 0 Å². The van der Waals surface area contributed by atoms with Crippen molar-refractivity contribution < 1.29 is 19.5 Å². The third kappa shape index (κ3) is 3.77. The molecule has 1 aromatic rings. The summed E-state index contributed by atoms with van der Waals surface area (Å²) in [7, 11) is 0. The highest BCUT2D eigenvalue weighted by Gasteiger charge is 2.39. The highest BCUT2D eigenvalue weighted by atomic mass is 35.5. The zero-order chi connectivity index (χ0) is 15.6. The molecule has 2 atom stereocenters. The van der Waals surface area contributed by atoms with Crippen molar-refractivity contribution in [3.8, 4) is 0 Å². The van der Waals surface area contributed by atoms with Crippen molar-refractivity contribution in [3.05, 3.63) is 34.9 Å². The minimum Gasteiger partial charge on any atom is -0.479 e. The van der Waals surface area contributed by atoms with Crippen LogP contribution in [0, 0.1) is 0 Å². The molecule has 1 amide bonds. The number of benzene rings is 1. The average molecular weight is 328 g/mol. The van der Waals surface area contributed by atoms with Crippen LogP contribution in [0.4, 0.5) is 0 Å². The molecule has 21 heavy (non-hydrogen) atoms. The number of aliphatic carboxylic acids is 1. The first-order chi connectivity index (χ1) is 9.88. The third-order valence-electron chi connectivity index (χ3n) is 3.17. The topological polar surface area (TPSA) is 74.7 Å². The van der Waals surface area contributed by atoms with Crippen LogP contribution in [0.1, 0.15) is 24.9 Å². The van der Waals surface area contributed by atoms with Gasteiger partial charge in [-0.3, -0.25) is 9.59 Å². The molecule has 0 bridgehead atoms. The van der Waals surface area contributed by atoms with E-state index in [1.54, 1.807) is 24.3 Å². The van der Waals surface area contributed by atoms with Crippen molar-refractivity contribution in [1.29, 1.82) is 0 Å². The molecule has 7 heteroatoms. The summed E-state index contributed by atoms with van der Waals surface area (Å²) in [6, 6.07) is 5.39. The van der Waals surface area contributed by atoms with Gasteiger partial charge in [-0.25, -0.2) is 4.79 Å². The van der Waals surface area contributed by atoms with Gasteiger partial charge in [-0.1, -0.05) is 35.5 Å². The van der Waals surface area contributed by atoms with Gasteiger partial charge in [-0.05, 0) is 17.7 Å². The Labute approximate surface area is 131 Å². The normalized spacial score (nSPS) is 19.6. The number of carboxylic acid groups (broad SMARTS) is 1. The SMILES string of the molecule is CC(=O)SC1CC(=O)N(C(C(=O)O)c2cccc(Cl)c2)C1. The number of carbonyl (C=O) groups is 3. The molecule has 0 aromatic heterocycles. The van der Waals surface area contributed by atoms with Crippen molar-refractivity contribution in [3.63, 3.8) is 0 Å². The van der Waals surface area contributed by atoms with Gasteiger partial charge in [0.25, 0.3) is 0 Å². The predicted octanol–water partition coefficient (Wildman–Crippen LogP) is 2.35. The molecule has 0 spiro atoms. The van der Waals surface area contributed by atoms with Crippen LogP contribution in [0.2, 0.25) is 5.02 Å². The second-order valence-electron chi connectivity index (χ2n) is 4.78. The van der Waals surface area contributed by atoms with Crippen LogP contribution >= 0.6 is 23.4 Å². The number of amides is 1. The van der Waals surface area contributed by atoms with Crippen LogP contribution < -0.4 is 0 Å². The van der Waals surface area contributed by atoms with Crippen LogP contribution in [-0.4, -0.2) is 38.8 Å². The van der Waals surface area contributed by atoms with Crippen molar-refractivity contribution in [2.45, 2.75) is 24.6 Å². The monoisotopic (exact) mass is 327 g/mol. The summed E-state index contributed by atoms with van der Waals surface area (Å²) in [5.74, 6) is -1.37. The summed E-state index contributed by atoms with van der Waals surface area (Å²) in [6.45, 7) is 1.68. The minimum absolute atomic E-state index is 0.0794. The van der Waals surface area contributed by atoms with E-state index in [1.165, 1.54) is 11.8 Å². The van der Waals surface area contributed by atoms with Crippen LogP contribution in [0.25, 0.3) is 0 Å². The number of hydrogen-bond acceptors (Lipinski definition) is 4. The molecule has 5 nitrogen and oxygen atoms in total. The lowest BCUT2D eigenvalue weighted by molar-refractivity contribution is -0.148. The molecule has 1 saturated heterocycles. The Morgan fingerprint density at radius 3 is 2.76 bits per heavy atom. The lowest BCUT2D eigenvalue weighted by Crippen LogP contribution is -2.35. The van der Waals surface area contributed by atoms with E-state index >= 15 is 0 Å². The number of carbonyl (C=O) groups excluding carboxylic acids is 2. The maximum absolute atomic E-state index is 12.1. The van der Waals surface area contributed by atoms with E-state index in [-0.39, 0.29) is 29.2 Å². The summed E-state index contributed by atoms with van der Waals surface area (Å²) in [5, 5.41) is 9.59. The Balaban J connectivity index is 2.25. The molecule has 1 aromatic carbocycles. The molecule has 1 aliphatic heterocycles. The first-order valence-electron chi connectivity index (χ1n) is 6.33. The Morgan fingerprint density at radius 1 is 1.48 bits per heavy atom. The number of likely N-dealkylation sites (tertiary alicyclic amines) is 1. The van der Waals surface area contributed by atoms with Crippen molar-refractivity contribution >= 4 is 40.4 Å². The zero-order valence-corrected chi connectivity index (χ0v) is 12.9. The molecule has 2 unspecified atom stereocenters. The Bertz CT molecular complexity index is 592. The standard InChI is InChI=1S/C14H14ClNO4S/c1-8(17)21-11-6-12(18)16(7-11)13(14(19)20)9-3-2-4-10(15)5-9/h2-5,11,13H,6-7H2,1H3,(H,19,20). The van der Waals surface area contributed by atoms with E-state index in [0.717, 1.165) is 11.8 Å². The number of nitrogens with zero attached hydrogens (tertiary/aromatic N) is 1. The van der Waals surface area contributed by atoms with Crippen molar-refractivity contribution in [1.82, 2.24) is 4.90 Å². The number of rotatable bonds is 4. The van der Waals surface area contributed by atoms with Gasteiger partial charge in [0.2, 0.25) is 5.91 Å². The van der Waals surface area contributed by atoms with E-state index in [1.807, 2.05) is 0 Å². The van der Waals surface area contributed by atoms with Gasteiger partial charge in [-0.2, -0.15) is 0 Å². The summed E-state index contributed by atoms with van der Waals surface area (Å²) in [6.07, 6.45) is 0.175. The molecule has 112 valence electrons. The number of carboxylic acids is 1. The molecule has 0 radical (unpaired) electrons. The lowest BCUT2D eigenvalue weighted by Gasteiger charge is -2.25. The number of hydrogen-bond donors (Lipinski definition) is 1. The molecule has 1 heterocycles. The fraction of sp³-hybridized carbons (Fsp3) is 0.357. The molecular formula is C14H14ClNO4S. The molecule has 1 N–H and O–H groups in total. The molecule has 0 saturated carbocycles. The second kappa shape index (κ2) is 6.49. The van der Waals surface area contributed by atoms with Gasteiger partial charge in [0, 0.05) is 30.2 Å². The Hall–Kier alpha value is -1.53. The first kappa shape index (κ1) is 15.9. The van der Waals surface area contributed by atoms with Gasteiger partial charge >= 0.3 is 5.97 Å². The third-order valence-corrected chi connectivity index (χ3v) is 4.38. The second-order valence-corrected chi connectivity index (χ2v) is 6.69. The van der Waals surface area contributed by atoms with Crippen molar-refractivity contribution in [2.75, 3.05) is 6.54 Å². The number of halogens is 1. The number of thioether (sulfide) groups is 1. The van der Waals surface area contributed by atoms with Gasteiger partial charge in [0.15, 0.2) is 11.2 Å². The average Bonchev–Trinajstić information content (AvgIpc) is 2.69. The summed E-state index contributed by atoms with van der Waals surface area (Å²) < 4.78 is 0. The molecule has 2 rings (SSSR count). The van der Waals surface area contributed by atoms with E-state index in [2.05, 4.69) is 0 Å². The smallest absolute Gasteiger partial charge is 0.331 e. The Kier molecular flexibility index (Phi) is 4.90. The fourth-order valence-electron chi connectivity index (χ4n) is 2.39. The molecule has 0 aliphatic carbocycles. The summed E-state index contributed by atoms with van der Waals surface area (Å²) in [4.78, 5) is 36.1. The van der Waals surface area contributed by atoms with Crippen LogP contribution in [-0.2, 0) is 14.4 Å². The lowest BCUT2D eigenvalue weighted by atomic mass is 10.1. The maximum Gasteiger partial charge on any atom is 0.331 e. The Morgan fingerprint density at radius 2 is 2.19 bits per heavy atom. The molecule has 1 aliphatic rings. The first-order valence-corrected chi connectivity index (χ1v) is 7.59. The van der Waals surface area contributed by atoms with Crippen LogP contribution in [0.15, 0.2) is 24.3 Å². The van der Waals surface area contributed by atoms with E-state index < -0.39 is 12.0 Å². The summed E-state index contributed by atoms with van der Waals surface area (Å²) in [5.41, 5.74) is 0.455. The predicted molar refractivity (Wildman–Crippen MR) is 80.2 cm³/mol. The van der Waals surface area contributed by atoms with Gasteiger partial charge < -0.3 is 10.0 Å². The fourth-order valence-corrected chi connectivity index (χ4v) is 3.52. The maximum atomic E-state index is 12.1. The molecule has 1 fully saturated rings. The van der Waals surface area contributed by atoms with E-state index in [0.29, 0.717) is 10.6 Å². The zero-order valence-electron chi connectivity index (χ0n) is 11.3. The summed E-state index contributed by atoms with van der Waals surface area (Å²) >= 11 is 6.97. The van der Waals surface area contributed by atoms with Gasteiger partial charge in [0.05, 0.1) is 0 Å².